The lowest BCUT2D eigenvalue weighted by Gasteiger charge is -2.20. The summed E-state index contributed by atoms with van der Waals surface area (Å²) in [5.74, 6) is 0.879. The van der Waals surface area contributed by atoms with E-state index in [2.05, 4.69) is 11.5 Å². The number of hydrogen-bond acceptors (Lipinski definition) is 3. The zero-order chi connectivity index (χ0) is 16.2. The van der Waals surface area contributed by atoms with Gasteiger partial charge in [-0.25, -0.2) is 0 Å². The molecular weight excluding hydrogens is 288 g/mol. The maximum Gasteiger partial charge on any atom is 0.255 e. The third-order valence-electron chi connectivity index (χ3n) is 3.95. The van der Waals surface area contributed by atoms with Gasteiger partial charge in [-0.05, 0) is 29.7 Å². The second-order valence-electron chi connectivity index (χ2n) is 5.63. The van der Waals surface area contributed by atoms with Crippen molar-refractivity contribution in [3.05, 3.63) is 83.1 Å². The maximum absolute atomic E-state index is 12.6. The number of rotatable bonds is 6. The number of para-hydroxylation sites is 1. The highest BCUT2D eigenvalue weighted by molar-refractivity contribution is 5.79. The minimum absolute atomic E-state index is 0.0391. The summed E-state index contributed by atoms with van der Waals surface area (Å²) in [5.41, 5.74) is 1.76. The van der Waals surface area contributed by atoms with E-state index < -0.39 is 0 Å². The van der Waals surface area contributed by atoms with E-state index in [4.69, 9.17) is 4.42 Å². The number of aromatic nitrogens is 1. The summed E-state index contributed by atoms with van der Waals surface area (Å²) in [7, 11) is 1.82. The Hall–Kier alpha value is -2.59. The molecule has 0 N–H and O–H groups in total. The van der Waals surface area contributed by atoms with Crippen LogP contribution in [0.3, 0.4) is 0 Å². The van der Waals surface area contributed by atoms with Crippen LogP contribution < -0.4 is 5.56 Å². The molecule has 3 aromatic rings. The molecule has 118 valence electrons. The van der Waals surface area contributed by atoms with Gasteiger partial charge in [0, 0.05) is 25.7 Å². The number of aryl methyl sites for hydroxylation is 1. The molecule has 0 bridgehead atoms. The SMILES string of the molecule is C=CCN(Cc1ccco1)Cc1cc2ccccc2n(C)c1=O. The van der Waals surface area contributed by atoms with E-state index in [9.17, 15) is 4.79 Å². The van der Waals surface area contributed by atoms with E-state index in [-0.39, 0.29) is 5.56 Å². The fourth-order valence-corrected chi connectivity index (χ4v) is 2.83. The molecule has 0 unspecified atom stereocenters. The van der Waals surface area contributed by atoms with Crippen LogP contribution in [0.5, 0.6) is 0 Å². The lowest BCUT2D eigenvalue weighted by Crippen LogP contribution is -2.29. The van der Waals surface area contributed by atoms with Gasteiger partial charge in [-0.3, -0.25) is 9.69 Å². The quantitative estimate of drug-likeness (QED) is 0.656. The Kier molecular flexibility index (Phi) is 4.44. The average Bonchev–Trinajstić information content (AvgIpc) is 3.05. The predicted octanol–water partition coefficient (Wildman–Crippen LogP) is 3.32. The lowest BCUT2D eigenvalue weighted by atomic mass is 10.1. The first-order valence-electron chi connectivity index (χ1n) is 7.62. The van der Waals surface area contributed by atoms with Gasteiger partial charge in [0.1, 0.15) is 5.76 Å². The number of fused-ring (bicyclic) bond motifs is 1. The summed E-state index contributed by atoms with van der Waals surface area (Å²) in [6, 6.07) is 13.7. The first-order chi connectivity index (χ1) is 11.2. The minimum atomic E-state index is 0.0391. The van der Waals surface area contributed by atoms with Gasteiger partial charge >= 0.3 is 0 Å². The molecule has 0 radical (unpaired) electrons. The molecule has 2 heterocycles. The Morgan fingerprint density at radius 2 is 2.04 bits per heavy atom. The lowest BCUT2D eigenvalue weighted by molar-refractivity contribution is 0.259. The fraction of sp³-hybridized carbons (Fsp3) is 0.211. The van der Waals surface area contributed by atoms with Gasteiger partial charge in [-0.15, -0.1) is 6.58 Å². The van der Waals surface area contributed by atoms with Crippen molar-refractivity contribution in [2.75, 3.05) is 6.54 Å². The molecule has 4 heteroatoms. The van der Waals surface area contributed by atoms with Crippen molar-refractivity contribution in [2.45, 2.75) is 13.1 Å². The number of pyridine rings is 1. The van der Waals surface area contributed by atoms with Crippen molar-refractivity contribution >= 4 is 10.9 Å². The summed E-state index contributed by atoms with van der Waals surface area (Å²) >= 11 is 0. The van der Waals surface area contributed by atoms with Crippen LogP contribution in [-0.2, 0) is 20.1 Å². The van der Waals surface area contributed by atoms with Crippen molar-refractivity contribution in [1.29, 1.82) is 0 Å². The topological polar surface area (TPSA) is 38.4 Å². The number of nitrogens with zero attached hydrogens (tertiary/aromatic N) is 2. The maximum atomic E-state index is 12.6. The van der Waals surface area contributed by atoms with Crippen molar-refractivity contribution in [2.24, 2.45) is 7.05 Å². The van der Waals surface area contributed by atoms with Gasteiger partial charge in [-0.2, -0.15) is 0 Å². The van der Waals surface area contributed by atoms with Gasteiger partial charge in [0.25, 0.3) is 5.56 Å². The van der Waals surface area contributed by atoms with Gasteiger partial charge in [0.15, 0.2) is 0 Å². The normalized spacial score (nSPS) is 11.2. The van der Waals surface area contributed by atoms with Crippen molar-refractivity contribution in [3.8, 4) is 0 Å². The van der Waals surface area contributed by atoms with Crippen LogP contribution >= 0.6 is 0 Å². The molecule has 0 fully saturated rings. The van der Waals surface area contributed by atoms with Gasteiger partial charge < -0.3 is 8.98 Å². The molecule has 3 rings (SSSR count). The van der Waals surface area contributed by atoms with E-state index in [1.807, 2.05) is 55.6 Å². The Balaban J connectivity index is 1.93. The Morgan fingerprint density at radius 3 is 2.78 bits per heavy atom. The Morgan fingerprint density at radius 1 is 1.22 bits per heavy atom. The summed E-state index contributed by atoms with van der Waals surface area (Å²) in [6.45, 7) is 5.70. The van der Waals surface area contributed by atoms with E-state index >= 15 is 0 Å². The van der Waals surface area contributed by atoms with Gasteiger partial charge in [0.05, 0.1) is 18.3 Å². The summed E-state index contributed by atoms with van der Waals surface area (Å²) in [5, 5.41) is 1.07. The third-order valence-corrected chi connectivity index (χ3v) is 3.95. The molecule has 23 heavy (non-hydrogen) atoms. The molecule has 0 aliphatic heterocycles. The molecule has 0 saturated heterocycles. The standard InChI is InChI=1S/C19H20N2O2/c1-3-10-21(14-17-8-6-11-23-17)13-16-12-15-7-4-5-9-18(15)20(2)19(16)22/h3-9,11-12H,1,10,13-14H2,2H3. The second-order valence-corrected chi connectivity index (χ2v) is 5.63. The fourth-order valence-electron chi connectivity index (χ4n) is 2.83. The van der Waals surface area contributed by atoms with Gasteiger partial charge in [0.2, 0.25) is 0 Å². The number of benzene rings is 1. The number of hydrogen-bond donors (Lipinski definition) is 0. The first-order valence-corrected chi connectivity index (χ1v) is 7.62. The predicted molar refractivity (Wildman–Crippen MR) is 92.2 cm³/mol. The average molecular weight is 308 g/mol. The largest absolute Gasteiger partial charge is 0.468 e. The molecule has 0 amide bonds. The van der Waals surface area contributed by atoms with Crippen LogP contribution in [0.15, 0.2) is 70.6 Å². The smallest absolute Gasteiger partial charge is 0.255 e. The molecule has 2 aromatic heterocycles. The molecule has 0 saturated carbocycles. The molecule has 0 spiro atoms. The summed E-state index contributed by atoms with van der Waals surface area (Å²) < 4.78 is 7.12. The van der Waals surface area contributed by atoms with E-state index in [1.54, 1.807) is 10.8 Å². The highest BCUT2D eigenvalue weighted by Crippen LogP contribution is 2.15. The third kappa shape index (κ3) is 3.27. The molecule has 4 nitrogen and oxygen atoms in total. The Bertz CT molecular complexity index is 863. The molecule has 1 aromatic carbocycles. The Labute approximate surface area is 135 Å². The van der Waals surface area contributed by atoms with Crippen molar-refractivity contribution < 1.29 is 4.42 Å². The molecule has 0 aliphatic carbocycles. The van der Waals surface area contributed by atoms with Crippen LogP contribution in [0.1, 0.15) is 11.3 Å². The molecular formula is C19H20N2O2. The summed E-state index contributed by atoms with van der Waals surface area (Å²) in [6.07, 6.45) is 3.50. The van der Waals surface area contributed by atoms with Crippen LogP contribution in [0, 0.1) is 0 Å². The van der Waals surface area contributed by atoms with E-state index in [1.165, 1.54) is 0 Å². The van der Waals surface area contributed by atoms with Crippen LogP contribution in [0.25, 0.3) is 10.9 Å². The molecule has 0 atom stereocenters. The first kappa shape index (κ1) is 15.3. The minimum Gasteiger partial charge on any atom is -0.468 e. The van der Waals surface area contributed by atoms with Crippen LogP contribution in [-0.4, -0.2) is 16.0 Å². The second kappa shape index (κ2) is 6.67. The number of furan rings is 1. The zero-order valence-electron chi connectivity index (χ0n) is 13.2. The van der Waals surface area contributed by atoms with Crippen LogP contribution in [0.2, 0.25) is 0 Å². The monoisotopic (exact) mass is 308 g/mol. The van der Waals surface area contributed by atoms with Crippen LogP contribution in [0.4, 0.5) is 0 Å². The highest BCUT2D eigenvalue weighted by atomic mass is 16.3. The summed E-state index contributed by atoms with van der Waals surface area (Å²) in [4.78, 5) is 14.7. The van der Waals surface area contributed by atoms with E-state index in [0.717, 1.165) is 22.2 Å². The molecule has 0 aliphatic rings. The van der Waals surface area contributed by atoms with Crippen molar-refractivity contribution in [1.82, 2.24) is 9.47 Å². The van der Waals surface area contributed by atoms with E-state index in [0.29, 0.717) is 19.6 Å². The van der Waals surface area contributed by atoms with Gasteiger partial charge in [-0.1, -0.05) is 24.3 Å². The highest BCUT2D eigenvalue weighted by Gasteiger charge is 2.12. The van der Waals surface area contributed by atoms with Crippen molar-refractivity contribution in [3.63, 3.8) is 0 Å². The zero-order valence-corrected chi connectivity index (χ0v) is 13.2.